The second-order valence-electron chi connectivity index (χ2n) is 5.21. The molecule has 0 aliphatic carbocycles. The second-order valence-corrected chi connectivity index (χ2v) is 5.21. The molecule has 0 N–H and O–H groups in total. The highest BCUT2D eigenvalue weighted by Gasteiger charge is 2.11. The van der Waals surface area contributed by atoms with Gasteiger partial charge >= 0.3 is 5.97 Å². The van der Waals surface area contributed by atoms with Crippen LogP contribution in [0, 0.1) is 20.8 Å². The Balaban J connectivity index is 2.95. The van der Waals surface area contributed by atoms with Gasteiger partial charge in [-0.05, 0) is 52.7 Å². The van der Waals surface area contributed by atoms with Gasteiger partial charge in [-0.3, -0.25) is 0 Å². The third-order valence-corrected chi connectivity index (χ3v) is 2.79. The SMILES string of the molecule is CC(C)=C/C=C(/C)C(=O)Oc1c(C)cc(C)cc1C. The summed E-state index contributed by atoms with van der Waals surface area (Å²) in [5.41, 5.74) is 4.89. The lowest BCUT2D eigenvalue weighted by atomic mass is 10.1. The molecule has 0 aliphatic rings. The van der Waals surface area contributed by atoms with Gasteiger partial charge in [0.2, 0.25) is 0 Å². The lowest BCUT2D eigenvalue weighted by molar-refractivity contribution is -0.130. The Bertz CT molecular complexity index is 521. The first-order valence-corrected chi connectivity index (χ1v) is 6.43. The number of rotatable bonds is 3. The van der Waals surface area contributed by atoms with Crippen LogP contribution in [0.25, 0.3) is 0 Å². The van der Waals surface area contributed by atoms with Gasteiger partial charge in [-0.25, -0.2) is 4.79 Å². The maximum Gasteiger partial charge on any atom is 0.339 e. The molecule has 2 heteroatoms. The summed E-state index contributed by atoms with van der Waals surface area (Å²) in [7, 11) is 0. The van der Waals surface area contributed by atoms with E-state index in [0.717, 1.165) is 16.7 Å². The van der Waals surface area contributed by atoms with Crippen molar-refractivity contribution in [3.63, 3.8) is 0 Å². The van der Waals surface area contributed by atoms with Crippen LogP contribution in [0.2, 0.25) is 0 Å². The molecule has 0 heterocycles. The average Bonchev–Trinajstić information content (AvgIpc) is 2.30. The monoisotopic (exact) mass is 258 g/mol. The summed E-state index contributed by atoms with van der Waals surface area (Å²) in [6.45, 7) is 11.7. The molecular formula is C17H22O2. The van der Waals surface area contributed by atoms with Gasteiger partial charge in [0.05, 0.1) is 0 Å². The molecule has 102 valence electrons. The Hall–Kier alpha value is -1.83. The van der Waals surface area contributed by atoms with E-state index in [9.17, 15) is 4.79 Å². The number of allylic oxidation sites excluding steroid dienone is 3. The third-order valence-electron chi connectivity index (χ3n) is 2.79. The van der Waals surface area contributed by atoms with Crippen LogP contribution in [0.5, 0.6) is 5.75 Å². The lowest BCUT2D eigenvalue weighted by Crippen LogP contribution is -2.11. The summed E-state index contributed by atoms with van der Waals surface area (Å²) < 4.78 is 5.49. The van der Waals surface area contributed by atoms with E-state index < -0.39 is 0 Å². The highest BCUT2D eigenvalue weighted by atomic mass is 16.5. The van der Waals surface area contributed by atoms with Crippen molar-refractivity contribution in [3.8, 4) is 5.75 Å². The topological polar surface area (TPSA) is 26.3 Å². The highest BCUT2D eigenvalue weighted by molar-refractivity contribution is 5.90. The number of carbonyl (C=O) groups excluding carboxylic acids is 1. The fraction of sp³-hybridized carbons (Fsp3) is 0.353. The predicted molar refractivity (Wildman–Crippen MR) is 79.5 cm³/mol. The molecule has 0 bridgehead atoms. The zero-order valence-electron chi connectivity index (χ0n) is 12.6. The van der Waals surface area contributed by atoms with Crippen LogP contribution in [-0.4, -0.2) is 5.97 Å². The van der Waals surface area contributed by atoms with E-state index in [2.05, 4.69) is 0 Å². The van der Waals surface area contributed by atoms with Gasteiger partial charge in [-0.1, -0.05) is 35.4 Å². The maximum absolute atomic E-state index is 12.0. The quantitative estimate of drug-likeness (QED) is 0.347. The molecule has 2 nitrogen and oxygen atoms in total. The molecule has 0 unspecified atom stereocenters. The number of ether oxygens (including phenoxy) is 1. The van der Waals surface area contributed by atoms with E-state index in [1.807, 2.05) is 52.8 Å². The maximum atomic E-state index is 12.0. The number of carbonyl (C=O) groups is 1. The van der Waals surface area contributed by atoms with Gasteiger partial charge in [0.25, 0.3) is 0 Å². The molecule has 0 amide bonds. The fourth-order valence-corrected chi connectivity index (χ4v) is 1.86. The van der Waals surface area contributed by atoms with E-state index >= 15 is 0 Å². The van der Waals surface area contributed by atoms with Crippen molar-refractivity contribution in [2.45, 2.75) is 41.5 Å². The Morgan fingerprint density at radius 3 is 2.00 bits per heavy atom. The van der Waals surface area contributed by atoms with Gasteiger partial charge in [0.15, 0.2) is 0 Å². The highest BCUT2D eigenvalue weighted by Crippen LogP contribution is 2.25. The van der Waals surface area contributed by atoms with E-state index in [1.54, 1.807) is 13.0 Å². The van der Waals surface area contributed by atoms with Crippen LogP contribution in [-0.2, 0) is 4.79 Å². The van der Waals surface area contributed by atoms with Gasteiger partial charge in [0.1, 0.15) is 5.75 Å². The molecule has 1 aromatic carbocycles. The molecular weight excluding hydrogens is 236 g/mol. The van der Waals surface area contributed by atoms with Crippen molar-refractivity contribution in [1.29, 1.82) is 0 Å². The molecule has 1 rings (SSSR count). The summed E-state index contributed by atoms with van der Waals surface area (Å²) in [5, 5.41) is 0. The third kappa shape index (κ3) is 4.40. The molecule has 1 aromatic rings. The normalized spacial score (nSPS) is 11.2. The summed E-state index contributed by atoms with van der Waals surface area (Å²) in [4.78, 5) is 12.0. The smallest absolute Gasteiger partial charge is 0.339 e. The Labute approximate surface area is 115 Å². The number of benzene rings is 1. The summed E-state index contributed by atoms with van der Waals surface area (Å²) in [6, 6.07) is 4.04. The van der Waals surface area contributed by atoms with Gasteiger partial charge in [-0.15, -0.1) is 0 Å². The van der Waals surface area contributed by atoms with Crippen molar-refractivity contribution < 1.29 is 9.53 Å². The van der Waals surface area contributed by atoms with E-state index in [-0.39, 0.29) is 5.97 Å². The Morgan fingerprint density at radius 2 is 1.53 bits per heavy atom. The predicted octanol–water partition coefficient (Wildman–Crippen LogP) is 4.43. The fourth-order valence-electron chi connectivity index (χ4n) is 1.86. The van der Waals surface area contributed by atoms with Crippen LogP contribution in [0.15, 0.2) is 35.4 Å². The van der Waals surface area contributed by atoms with E-state index in [0.29, 0.717) is 11.3 Å². The van der Waals surface area contributed by atoms with Crippen molar-refractivity contribution >= 4 is 5.97 Å². The van der Waals surface area contributed by atoms with Crippen molar-refractivity contribution in [2.24, 2.45) is 0 Å². The molecule has 0 saturated heterocycles. The molecule has 0 spiro atoms. The zero-order chi connectivity index (χ0) is 14.6. The second kappa shape index (κ2) is 6.37. The van der Waals surface area contributed by atoms with Crippen LogP contribution in [0.1, 0.15) is 37.5 Å². The molecule has 0 aromatic heterocycles. The van der Waals surface area contributed by atoms with Crippen molar-refractivity contribution in [2.75, 3.05) is 0 Å². The molecule has 0 atom stereocenters. The van der Waals surface area contributed by atoms with Crippen LogP contribution in [0.3, 0.4) is 0 Å². The first-order chi connectivity index (χ1) is 8.81. The summed E-state index contributed by atoms with van der Waals surface area (Å²) in [6.07, 6.45) is 3.70. The van der Waals surface area contributed by atoms with Gasteiger partial charge < -0.3 is 4.74 Å². The van der Waals surface area contributed by atoms with Crippen molar-refractivity contribution in [1.82, 2.24) is 0 Å². The number of aryl methyl sites for hydroxylation is 3. The standard InChI is InChI=1S/C17H22O2/c1-11(2)7-8-13(4)17(18)19-16-14(5)9-12(3)10-15(16)6/h7-10H,1-6H3/b13-8-. The molecule has 0 saturated carbocycles. The first-order valence-electron chi connectivity index (χ1n) is 6.43. The number of esters is 1. The minimum absolute atomic E-state index is 0.299. The van der Waals surface area contributed by atoms with Gasteiger partial charge in [-0.2, -0.15) is 0 Å². The summed E-state index contributed by atoms with van der Waals surface area (Å²) >= 11 is 0. The van der Waals surface area contributed by atoms with E-state index in [1.165, 1.54) is 5.56 Å². The average molecular weight is 258 g/mol. The molecule has 19 heavy (non-hydrogen) atoms. The van der Waals surface area contributed by atoms with Crippen molar-refractivity contribution in [3.05, 3.63) is 52.1 Å². The molecule has 0 radical (unpaired) electrons. The number of hydrogen-bond donors (Lipinski definition) is 0. The zero-order valence-corrected chi connectivity index (χ0v) is 12.6. The van der Waals surface area contributed by atoms with Crippen LogP contribution >= 0.6 is 0 Å². The minimum Gasteiger partial charge on any atom is -0.423 e. The lowest BCUT2D eigenvalue weighted by Gasteiger charge is -2.11. The Morgan fingerprint density at radius 1 is 1.00 bits per heavy atom. The Kier molecular flexibility index (Phi) is 5.11. The molecule has 0 fully saturated rings. The van der Waals surface area contributed by atoms with E-state index in [4.69, 9.17) is 4.74 Å². The van der Waals surface area contributed by atoms with Crippen LogP contribution in [0.4, 0.5) is 0 Å². The molecule has 0 aliphatic heterocycles. The number of hydrogen-bond acceptors (Lipinski definition) is 2. The largest absolute Gasteiger partial charge is 0.423 e. The summed E-state index contributed by atoms with van der Waals surface area (Å²) in [5.74, 6) is 0.369. The van der Waals surface area contributed by atoms with Crippen LogP contribution < -0.4 is 4.74 Å². The first kappa shape index (κ1) is 15.2. The van der Waals surface area contributed by atoms with Gasteiger partial charge in [0, 0.05) is 5.57 Å². The minimum atomic E-state index is -0.299.